The fourth-order valence-corrected chi connectivity index (χ4v) is 6.54. The number of amides is 1. The summed E-state index contributed by atoms with van der Waals surface area (Å²) < 4.78 is 27.9. The summed E-state index contributed by atoms with van der Waals surface area (Å²) in [6, 6.07) is 4.37. The van der Waals surface area contributed by atoms with E-state index in [0.717, 1.165) is 23.2 Å². The minimum Gasteiger partial charge on any atom is -0.335 e. The van der Waals surface area contributed by atoms with E-state index >= 15 is 0 Å². The Morgan fingerprint density at radius 1 is 1.07 bits per heavy atom. The minimum absolute atomic E-state index is 0.156. The maximum Gasteiger partial charge on any atom is 0.277 e. The summed E-state index contributed by atoms with van der Waals surface area (Å²) in [5, 5.41) is 0. The van der Waals surface area contributed by atoms with Gasteiger partial charge in [0.1, 0.15) is 0 Å². The summed E-state index contributed by atoms with van der Waals surface area (Å²) in [5.41, 5.74) is 2.65. The lowest BCUT2D eigenvalue weighted by molar-refractivity contribution is -0.921. The zero-order valence-corrected chi connectivity index (χ0v) is 18.4. The molecule has 1 aromatic carbocycles. The van der Waals surface area contributed by atoms with Crippen LogP contribution in [-0.2, 0) is 14.8 Å². The second-order valence-corrected chi connectivity index (χ2v) is 10.4. The van der Waals surface area contributed by atoms with Crippen molar-refractivity contribution in [2.24, 2.45) is 0 Å². The van der Waals surface area contributed by atoms with E-state index in [2.05, 4.69) is 6.92 Å². The van der Waals surface area contributed by atoms with E-state index in [4.69, 9.17) is 0 Å². The Labute approximate surface area is 169 Å². The van der Waals surface area contributed by atoms with Crippen LogP contribution in [0, 0.1) is 20.8 Å². The lowest BCUT2D eigenvalue weighted by Gasteiger charge is -2.36. The molecule has 1 unspecified atom stereocenters. The first-order valence-electron chi connectivity index (χ1n) is 10.4. The highest BCUT2D eigenvalue weighted by Gasteiger charge is 2.33. The Bertz CT molecular complexity index is 806. The van der Waals surface area contributed by atoms with Crippen LogP contribution in [0.5, 0.6) is 0 Å². The fourth-order valence-electron chi connectivity index (χ4n) is 4.70. The highest BCUT2D eigenvalue weighted by molar-refractivity contribution is 7.89. The third kappa shape index (κ3) is 4.42. The van der Waals surface area contributed by atoms with Gasteiger partial charge in [0.25, 0.3) is 5.91 Å². The molecular formula is C21H34N3O3S+. The molecule has 6 nitrogen and oxygen atoms in total. The molecular weight excluding hydrogens is 374 g/mol. The number of likely N-dealkylation sites (tertiary alicyclic amines) is 1. The van der Waals surface area contributed by atoms with Gasteiger partial charge in [-0.15, -0.1) is 0 Å². The molecule has 2 saturated heterocycles. The summed E-state index contributed by atoms with van der Waals surface area (Å²) in [5.74, 6) is 0.156. The van der Waals surface area contributed by atoms with E-state index in [-0.39, 0.29) is 5.91 Å². The predicted octanol–water partition coefficient (Wildman–Crippen LogP) is 0.902. The number of carbonyl (C=O) groups is 1. The molecule has 0 radical (unpaired) electrons. The maximum absolute atomic E-state index is 13.2. The van der Waals surface area contributed by atoms with Crippen molar-refractivity contribution in [3.63, 3.8) is 0 Å². The van der Waals surface area contributed by atoms with Crippen LogP contribution in [0.15, 0.2) is 17.0 Å². The van der Waals surface area contributed by atoms with Gasteiger partial charge in [-0.2, -0.15) is 4.31 Å². The highest BCUT2D eigenvalue weighted by Crippen LogP contribution is 2.26. The van der Waals surface area contributed by atoms with Crippen LogP contribution in [0.4, 0.5) is 0 Å². The van der Waals surface area contributed by atoms with Crippen molar-refractivity contribution in [2.75, 3.05) is 39.3 Å². The predicted molar refractivity (Wildman–Crippen MR) is 110 cm³/mol. The third-order valence-electron chi connectivity index (χ3n) is 6.25. The van der Waals surface area contributed by atoms with Crippen molar-refractivity contribution < 1.29 is 18.1 Å². The number of hydrogen-bond acceptors (Lipinski definition) is 3. The Hall–Kier alpha value is -1.44. The topological polar surface area (TPSA) is 62.1 Å². The SMILES string of the molecule is Cc1cc(C)c(S(=O)(=O)N2CCN(C(=O)C[NH+]3CCCC[C@@H]3C)CC2)c(C)c1. The number of piperidine rings is 1. The average molecular weight is 409 g/mol. The molecule has 0 aromatic heterocycles. The first kappa shape index (κ1) is 21.3. The van der Waals surface area contributed by atoms with E-state index in [9.17, 15) is 13.2 Å². The van der Waals surface area contributed by atoms with Crippen molar-refractivity contribution in [3.8, 4) is 0 Å². The molecule has 0 spiro atoms. The highest BCUT2D eigenvalue weighted by atomic mass is 32.2. The quantitative estimate of drug-likeness (QED) is 0.805. The molecule has 2 heterocycles. The number of benzene rings is 1. The Morgan fingerprint density at radius 3 is 2.25 bits per heavy atom. The molecule has 1 N–H and O–H groups in total. The standard InChI is InChI=1S/C21H33N3O3S/c1-16-13-17(2)21(18(3)14-16)28(26,27)24-11-9-22(10-12-24)20(25)15-23-8-6-5-7-19(23)4/h13-14,19H,5-12,15H2,1-4H3/p+1/t19-/m0/s1. The van der Waals surface area contributed by atoms with Gasteiger partial charge in [-0.25, -0.2) is 8.42 Å². The molecule has 7 heteroatoms. The molecule has 0 aliphatic carbocycles. The van der Waals surface area contributed by atoms with Crippen molar-refractivity contribution in [1.29, 1.82) is 0 Å². The molecule has 2 fully saturated rings. The van der Waals surface area contributed by atoms with Crippen molar-refractivity contribution in [2.45, 2.75) is 57.9 Å². The fraction of sp³-hybridized carbons (Fsp3) is 0.667. The summed E-state index contributed by atoms with van der Waals surface area (Å²) >= 11 is 0. The molecule has 1 amide bonds. The molecule has 0 saturated carbocycles. The minimum atomic E-state index is -3.54. The Balaban J connectivity index is 1.64. The zero-order valence-electron chi connectivity index (χ0n) is 17.6. The van der Waals surface area contributed by atoms with Gasteiger partial charge in [0, 0.05) is 26.2 Å². The van der Waals surface area contributed by atoms with E-state index in [1.165, 1.54) is 28.5 Å². The van der Waals surface area contributed by atoms with Crippen LogP contribution in [-0.4, -0.2) is 68.8 Å². The lowest BCUT2D eigenvalue weighted by atomic mass is 10.0. The second-order valence-electron chi connectivity index (χ2n) is 8.49. The molecule has 3 rings (SSSR count). The van der Waals surface area contributed by atoms with Gasteiger partial charge >= 0.3 is 0 Å². The number of piperazine rings is 1. The number of carbonyl (C=O) groups excluding carboxylic acids is 1. The van der Waals surface area contributed by atoms with E-state index < -0.39 is 10.0 Å². The number of nitrogens with one attached hydrogen (secondary N) is 1. The molecule has 2 aliphatic heterocycles. The summed E-state index contributed by atoms with van der Waals surface area (Å²) in [4.78, 5) is 16.4. The maximum atomic E-state index is 13.2. The number of nitrogens with zero attached hydrogens (tertiary/aromatic N) is 2. The number of quaternary nitrogens is 1. The van der Waals surface area contributed by atoms with Crippen molar-refractivity contribution in [3.05, 3.63) is 28.8 Å². The Morgan fingerprint density at radius 2 is 1.68 bits per heavy atom. The zero-order chi connectivity index (χ0) is 20.5. The van der Waals surface area contributed by atoms with Gasteiger partial charge < -0.3 is 9.80 Å². The van der Waals surface area contributed by atoms with Crippen LogP contribution >= 0.6 is 0 Å². The van der Waals surface area contributed by atoms with Crippen LogP contribution in [0.2, 0.25) is 0 Å². The van der Waals surface area contributed by atoms with Crippen LogP contribution < -0.4 is 4.90 Å². The largest absolute Gasteiger partial charge is 0.335 e. The third-order valence-corrected chi connectivity index (χ3v) is 8.46. The lowest BCUT2D eigenvalue weighted by Crippen LogP contribution is -3.17. The van der Waals surface area contributed by atoms with E-state index in [0.29, 0.717) is 43.7 Å². The first-order valence-corrected chi connectivity index (χ1v) is 11.8. The average Bonchev–Trinajstić information content (AvgIpc) is 2.62. The van der Waals surface area contributed by atoms with E-state index in [1.807, 2.05) is 37.8 Å². The summed E-state index contributed by atoms with van der Waals surface area (Å²) in [7, 11) is -3.54. The van der Waals surface area contributed by atoms with E-state index in [1.54, 1.807) is 0 Å². The van der Waals surface area contributed by atoms with Crippen molar-refractivity contribution >= 4 is 15.9 Å². The smallest absolute Gasteiger partial charge is 0.277 e. The number of rotatable bonds is 4. The molecule has 1 aromatic rings. The summed E-state index contributed by atoms with van der Waals surface area (Å²) in [6.45, 7) is 11.2. The number of aryl methyl sites for hydroxylation is 3. The second kappa shape index (κ2) is 8.51. The first-order chi connectivity index (χ1) is 13.2. The van der Waals surface area contributed by atoms with Gasteiger partial charge in [-0.1, -0.05) is 17.7 Å². The molecule has 0 bridgehead atoms. The Kier molecular flexibility index (Phi) is 6.47. The summed E-state index contributed by atoms with van der Waals surface area (Å²) in [6.07, 6.45) is 3.63. The van der Waals surface area contributed by atoms with Crippen LogP contribution in [0.25, 0.3) is 0 Å². The molecule has 156 valence electrons. The van der Waals surface area contributed by atoms with Gasteiger partial charge in [0.05, 0.1) is 17.5 Å². The van der Waals surface area contributed by atoms with Gasteiger partial charge in [0.15, 0.2) is 6.54 Å². The van der Waals surface area contributed by atoms with Gasteiger partial charge in [-0.3, -0.25) is 4.79 Å². The normalized spacial score (nSPS) is 24.4. The van der Waals surface area contributed by atoms with Gasteiger partial charge in [0.2, 0.25) is 10.0 Å². The van der Waals surface area contributed by atoms with Gasteiger partial charge in [-0.05, 0) is 58.1 Å². The van der Waals surface area contributed by atoms with Crippen molar-refractivity contribution in [1.82, 2.24) is 9.21 Å². The monoisotopic (exact) mass is 408 g/mol. The molecule has 2 aliphatic rings. The number of hydrogen-bond donors (Lipinski definition) is 1. The molecule has 2 atom stereocenters. The van der Waals surface area contributed by atoms with Crippen LogP contribution in [0.3, 0.4) is 0 Å². The number of sulfonamides is 1. The van der Waals surface area contributed by atoms with Crippen LogP contribution in [0.1, 0.15) is 42.9 Å². The molecule has 28 heavy (non-hydrogen) atoms.